The summed E-state index contributed by atoms with van der Waals surface area (Å²) in [6.45, 7) is 4.25. The van der Waals surface area contributed by atoms with Crippen LogP contribution in [-0.4, -0.2) is 28.5 Å². The van der Waals surface area contributed by atoms with Gasteiger partial charge in [0.2, 0.25) is 5.13 Å². The zero-order valence-electron chi connectivity index (χ0n) is 9.59. The van der Waals surface area contributed by atoms with Crippen LogP contribution in [0.2, 0.25) is 0 Å². The Labute approximate surface area is 100 Å². The van der Waals surface area contributed by atoms with E-state index in [2.05, 4.69) is 14.3 Å². The minimum Gasteiger partial charge on any atom is -0.346 e. The van der Waals surface area contributed by atoms with E-state index in [0.29, 0.717) is 6.04 Å². The Bertz CT molecular complexity index is 378. The molecular weight excluding hydrogens is 220 g/mol. The van der Waals surface area contributed by atoms with Gasteiger partial charge in [-0.3, -0.25) is 0 Å². The molecule has 0 aromatic carbocycles. The van der Waals surface area contributed by atoms with Crippen LogP contribution in [0.4, 0.5) is 5.13 Å². The Morgan fingerprint density at radius 1 is 1.31 bits per heavy atom. The molecule has 1 aliphatic carbocycles. The number of aromatic nitrogens is 2. The van der Waals surface area contributed by atoms with E-state index < -0.39 is 0 Å². The lowest BCUT2D eigenvalue weighted by Gasteiger charge is -2.27. The third kappa shape index (κ3) is 1.82. The lowest BCUT2D eigenvalue weighted by Crippen LogP contribution is -2.32. The molecule has 3 atom stereocenters. The van der Waals surface area contributed by atoms with Crippen LogP contribution in [0.1, 0.15) is 25.1 Å². The molecule has 0 spiro atoms. The molecule has 5 heteroatoms. The van der Waals surface area contributed by atoms with Gasteiger partial charge in [-0.15, -0.1) is 0 Å². The van der Waals surface area contributed by atoms with Crippen molar-refractivity contribution in [3.05, 3.63) is 5.82 Å². The van der Waals surface area contributed by atoms with Gasteiger partial charge >= 0.3 is 0 Å². The van der Waals surface area contributed by atoms with Gasteiger partial charge in [0.05, 0.1) is 0 Å². The summed E-state index contributed by atoms with van der Waals surface area (Å²) in [5, 5.41) is 1.10. The van der Waals surface area contributed by atoms with Gasteiger partial charge in [-0.05, 0) is 38.0 Å². The monoisotopic (exact) mass is 238 g/mol. The number of fused-ring (bicyclic) bond motifs is 1. The molecule has 0 radical (unpaired) electrons. The topological polar surface area (TPSA) is 55.0 Å². The molecule has 16 heavy (non-hydrogen) atoms. The second kappa shape index (κ2) is 3.96. The highest BCUT2D eigenvalue weighted by atomic mass is 32.1. The van der Waals surface area contributed by atoms with Crippen molar-refractivity contribution >= 4 is 16.7 Å². The molecule has 3 rings (SSSR count). The van der Waals surface area contributed by atoms with Crippen LogP contribution in [0.15, 0.2) is 0 Å². The van der Waals surface area contributed by atoms with E-state index in [1.54, 1.807) is 0 Å². The zero-order chi connectivity index (χ0) is 11.1. The summed E-state index contributed by atoms with van der Waals surface area (Å²) < 4.78 is 4.26. The molecule has 0 amide bonds. The van der Waals surface area contributed by atoms with E-state index in [-0.39, 0.29) is 0 Å². The molecule has 4 nitrogen and oxygen atoms in total. The summed E-state index contributed by atoms with van der Waals surface area (Å²) in [5.41, 5.74) is 6.04. The molecule has 1 saturated carbocycles. The van der Waals surface area contributed by atoms with Gasteiger partial charge in [-0.1, -0.05) is 0 Å². The largest absolute Gasteiger partial charge is 0.346 e. The summed E-state index contributed by atoms with van der Waals surface area (Å²) in [4.78, 5) is 6.87. The van der Waals surface area contributed by atoms with Crippen LogP contribution < -0.4 is 10.6 Å². The number of rotatable bonds is 1. The molecule has 88 valence electrons. The first-order chi connectivity index (χ1) is 7.72. The first kappa shape index (κ1) is 10.5. The molecule has 1 unspecified atom stereocenters. The maximum absolute atomic E-state index is 6.04. The van der Waals surface area contributed by atoms with Crippen molar-refractivity contribution in [2.75, 3.05) is 18.0 Å². The van der Waals surface area contributed by atoms with E-state index in [4.69, 9.17) is 5.73 Å². The van der Waals surface area contributed by atoms with Gasteiger partial charge in [0, 0.05) is 30.7 Å². The Morgan fingerprint density at radius 2 is 2.12 bits per heavy atom. The van der Waals surface area contributed by atoms with Crippen LogP contribution in [0.3, 0.4) is 0 Å². The van der Waals surface area contributed by atoms with Gasteiger partial charge < -0.3 is 10.6 Å². The van der Waals surface area contributed by atoms with Crippen molar-refractivity contribution in [1.82, 2.24) is 9.36 Å². The van der Waals surface area contributed by atoms with Crippen LogP contribution in [-0.2, 0) is 0 Å². The first-order valence-electron chi connectivity index (χ1n) is 6.03. The van der Waals surface area contributed by atoms with E-state index in [0.717, 1.165) is 35.9 Å². The lowest BCUT2D eigenvalue weighted by molar-refractivity contribution is 0.271. The van der Waals surface area contributed by atoms with Gasteiger partial charge in [0.25, 0.3) is 0 Å². The molecular formula is C11H18N4S. The number of aryl methyl sites for hydroxylation is 1. The fourth-order valence-electron chi connectivity index (χ4n) is 3.04. The summed E-state index contributed by atoms with van der Waals surface area (Å²) in [6.07, 6.45) is 3.68. The van der Waals surface area contributed by atoms with Crippen LogP contribution in [0.25, 0.3) is 0 Å². The number of hydrogen-bond acceptors (Lipinski definition) is 5. The van der Waals surface area contributed by atoms with Gasteiger partial charge in [0.15, 0.2) is 0 Å². The summed E-state index contributed by atoms with van der Waals surface area (Å²) in [6, 6.07) is 0.428. The highest BCUT2D eigenvalue weighted by molar-refractivity contribution is 7.09. The highest BCUT2D eigenvalue weighted by Gasteiger charge is 2.37. The smallest absolute Gasteiger partial charge is 0.205 e. The van der Waals surface area contributed by atoms with Gasteiger partial charge in [-0.25, -0.2) is 4.98 Å². The van der Waals surface area contributed by atoms with Gasteiger partial charge in [0.1, 0.15) is 5.82 Å². The predicted molar refractivity (Wildman–Crippen MR) is 65.7 cm³/mol. The maximum Gasteiger partial charge on any atom is 0.205 e. The van der Waals surface area contributed by atoms with Crippen molar-refractivity contribution < 1.29 is 0 Å². The Kier molecular flexibility index (Phi) is 2.59. The molecule has 2 N–H and O–H groups in total. The Hall–Kier alpha value is -0.680. The Balaban J connectivity index is 1.72. The summed E-state index contributed by atoms with van der Waals surface area (Å²) >= 11 is 1.53. The summed E-state index contributed by atoms with van der Waals surface area (Å²) in [7, 11) is 0. The quantitative estimate of drug-likeness (QED) is 0.803. The lowest BCUT2D eigenvalue weighted by atomic mass is 9.79. The van der Waals surface area contributed by atoms with Crippen molar-refractivity contribution in [2.24, 2.45) is 17.6 Å². The number of hydrogen-bond donors (Lipinski definition) is 1. The van der Waals surface area contributed by atoms with E-state index >= 15 is 0 Å². The third-order valence-corrected chi connectivity index (χ3v) is 4.75. The fourth-order valence-corrected chi connectivity index (χ4v) is 3.73. The standard InChI is InChI=1S/C11H18N4S/c1-7-13-11(16-14-7)15-5-8-2-3-10(12)4-9(8)6-15/h8-10H,2-6,12H2,1H3/t8-,9+,10?/m1/s1. The molecule has 2 fully saturated rings. The zero-order valence-corrected chi connectivity index (χ0v) is 10.4. The van der Waals surface area contributed by atoms with Gasteiger partial charge in [-0.2, -0.15) is 4.37 Å². The van der Waals surface area contributed by atoms with E-state index in [1.807, 2.05) is 6.92 Å². The average molecular weight is 238 g/mol. The second-order valence-electron chi connectivity index (χ2n) is 5.12. The molecule has 2 heterocycles. The molecule has 1 aromatic rings. The predicted octanol–water partition coefficient (Wildman–Crippen LogP) is 1.41. The fraction of sp³-hybridized carbons (Fsp3) is 0.818. The average Bonchev–Trinajstić information content (AvgIpc) is 2.83. The maximum atomic E-state index is 6.04. The minimum atomic E-state index is 0.428. The molecule has 1 saturated heterocycles. The van der Waals surface area contributed by atoms with Crippen molar-refractivity contribution in [3.63, 3.8) is 0 Å². The minimum absolute atomic E-state index is 0.428. The molecule has 1 aromatic heterocycles. The van der Waals surface area contributed by atoms with Crippen molar-refractivity contribution in [1.29, 1.82) is 0 Å². The van der Waals surface area contributed by atoms with Crippen molar-refractivity contribution in [2.45, 2.75) is 32.2 Å². The van der Waals surface area contributed by atoms with Crippen LogP contribution >= 0.6 is 11.5 Å². The third-order valence-electron chi connectivity index (χ3n) is 3.88. The molecule has 1 aliphatic heterocycles. The molecule has 2 aliphatic rings. The van der Waals surface area contributed by atoms with Crippen LogP contribution in [0, 0.1) is 18.8 Å². The first-order valence-corrected chi connectivity index (χ1v) is 6.80. The number of nitrogens with two attached hydrogens (primary N) is 1. The second-order valence-corrected chi connectivity index (χ2v) is 5.85. The number of nitrogens with zero attached hydrogens (tertiary/aromatic N) is 3. The summed E-state index contributed by atoms with van der Waals surface area (Å²) in [5.74, 6) is 2.52. The van der Waals surface area contributed by atoms with E-state index in [1.165, 1.54) is 30.8 Å². The Morgan fingerprint density at radius 3 is 2.88 bits per heavy atom. The highest BCUT2D eigenvalue weighted by Crippen LogP contribution is 2.37. The van der Waals surface area contributed by atoms with E-state index in [9.17, 15) is 0 Å². The number of anilines is 1. The SMILES string of the molecule is Cc1nsc(N2C[C@H]3CCC(N)C[C@H]3C2)n1. The molecule has 0 bridgehead atoms. The van der Waals surface area contributed by atoms with Crippen molar-refractivity contribution in [3.8, 4) is 0 Å². The normalized spacial score (nSPS) is 34.1. The van der Waals surface area contributed by atoms with Crippen LogP contribution in [0.5, 0.6) is 0 Å².